The number of hydrogen-bond acceptors (Lipinski definition) is 6. The Morgan fingerprint density at radius 1 is 1.19 bits per heavy atom. The predicted molar refractivity (Wildman–Crippen MR) is 112 cm³/mol. The minimum Gasteiger partial charge on any atom is -0.490 e. The molecule has 1 aromatic carbocycles. The van der Waals surface area contributed by atoms with E-state index in [4.69, 9.17) is 9.47 Å². The molecule has 0 N–H and O–H groups in total. The number of allylic oxidation sites excluding steroid dienone is 1. The fraction of sp³-hybridized carbons (Fsp3) is 0.238. The Morgan fingerprint density at radius 2 is 2.07 bits per heavy atom. The molecule has 3 aromatic rings. The molecule has 27 heavy (non-hydrogen) atoms. The lowest BCUT2D eigenvalue weighted by Crippen LogP contribution is -2.00. The van der Waals surface area contributed by atoms with Gasteiger partial charge in [-0.3, -0.25) is 0 Å². The molecule has 0 unspecified atom stereocenters. The van der Waals surface area contributed by atoms with Crippen LogP contribution in [-0.4, -0.2) is 18.2 Å². The maximum absolute atomic E-state index is 9.62. The zero-order valence-electron chi connectivity index (χ0n) is 15.3. The number of nitrogens with zero attached hydrogens (tertiary/aromatic N) is 2. The van der Waals surface area contributed by atoms with Crippen LogP contribution in [0, 0.1) is 11.3 Å². The van der Waals surface area contributed by atoms with Gasteiger partial charge in [0.25, 0.3) is 0 Å². The number of rotatable bonds is 8. The maximum Gasteiger partial charge on any atom is 0.161 e. The highest BCUT2D eigenvalue weighted by Crippen LogP contribution is 2.32. The molecule has 0 aliphatic rings. The average molecular weight is 397 g/mol. The van der Waals surface area contributed by atoms with Crippen LogP contribution >= 0.6 is 22.7 Å². The molecule has 0 amide bonds. The Morgan fingerprint density at radius 3 is 2.78 bits per heavy atom. The Kier molecular flexibility index (Phi) is 6.64. The normalized spacial score (nSPS) is 11.2. The van der Waals surface area contributed by atoms with Crippen molar-refractivity contribution in [3.05, 3.63) is 51.7 Å². The van der Waals surface area contributed by atoms with Gasteiger partial charge in [0.15, 0.2) is 11.5 Å². The molecule has 0 saturated carbocycles. The van der Waals surface area contributed by atoms with Crippen molar-refractivity contribution in [1.29, 1.82) is 5.26 Å². The smallest absolute Gasteiger partial charge is 0.161 e. The number of aromatic nitrogens is 1. The van der Waals surface area contributed by atoms with Crippen molar-refractivity contribution in [1.82, 2.24) is 4.98 Å². The standard InChI is InChI=1S/C21H20N2O2S2/c1-3-9-25-18-8-7-15(12-19(18)24-4-2)11-16(13-22)21-23-17(14-27-21)20-6-5-10-26-20/h5-8,10-12,14H,3-4,9H2,1-2H3/b16-11+. The predicted octanol–water partition coefficient (Wildman–Crippen LogP) is 6.12. The number of nitriles is 1. The van der Waals surface area contributed by atoms with E-state index in [0.29, 0.717) is 29.5 Å². The monoisotopic (exact) mass is 396 g/mol. The third kappa shape index (κ3) is 4.76. The zero-order chi connectivity index (χ0) is 19.1. The SMILES string of the molecule is CCCOc1ccc(/C=C(\C#N)c2nc(-c3cccs3)cs2)cc1OCC. The van der Waals surface area contributed by atoms with Gasteiger partial charge in [0.2, 0.25) is 0 Å². The highest BCUT2D eigenvalue weighted by atomic mass is 32.1. The first kappa shape index (κ1) is 19.2. The molecule has 0 fully saturated rings. The van der Waals surface area contributed by atoms with E-state index in [1.807, 2.05) is 54.1 Å². The van der Waals surface area contributed by atoms with Gasteiger partial charge in [-0.15, -0.1) is 22.7 Å². The molecular weight excluding hydrogens is 376 g/mol. The number of ether oxygens (including phenoxy) is 2. The second-order valence-corrected chi connectivity index (χ2v) is 7.48. The van der Waals surface area contributed by atoms with E-state index in [2.05, 4.69) is 18.0 Å². The van der Waals surface area contributed by atoms with Crippen LogP contribution in [0.15, 0.2) is 41.1 Å². The molecule has 0 bridgehead atoms. The lowest BCUT2D eigenvalue weighted by atomic mass is 10.1. The third-order valence-electron chi connectivity index (χ3n) is 3.67. The van der Waals surface area contributed by atoms with Crippen molar-refractivity contribution in [2.75, 3.05) is 13.2 Å². The topological polar surface area (TPSA) is 55.1 Å². The van der Waals surface area contributed by atoms with Crippen LogP contribution in [0.5, 0.6) is 11.5 Å². The molecule has 0 radical (unpaired) electrons. The first-order chi connectivity index (χ1) is 13.2. The van der Waals surface area contributed by atoms with Gasteiger partial charge in [-0.25, -0.2) is 4.98 Å². The van der Waals surface area contributed by atoms with E-state index in [1.165, 1.54) is 11.3 Å². The summed E-state index contributed by atoms with van der Waals surface area (Å²) >= 11 is 3.12. The van der Waals surface area contributed by atoms with E-state index in [1.54, 1.807) is 11.3 Å². The second-order valence-electron chi connectivity index (χ2n) is 5.67. The summed E-state index contributed by atoms with van der Waals surface area (Å²) in [6, 6.07) is 12.0. The Hall–Kier alpha value is -2.62. The first-order valence-corrected chi connectivity index (χ1v) is 10.5. The van der Waals surface area contributed by atoms with Crippen LogP contribution in [0.3, 0.4) is 0 Å². The van der Waals surface area contributed by atoms with Gasteiger partial charge >= 0.3 is 0 Å². The van der Waals surface area contributed by atoms with Gasteiger partial charge in [0, 0.05) is 5.38 Å². The number of benzene rings is 1. The summed E-state index contributed by atoms with van der Waals surface area (Å²) in [7, 11) is 0. The fourth-order valence-corrected chi connectivity index (χ4v) is 4.00. The van der Waals surface area contributed by atoms with Crippen molar-refractivity contribution < 1.29 is 9.47 Å². The summed E-state index contributed by atoms with van der Waals surface area (Å²) in [6.45, 7) is 5.20. The Labute approximate surface area is 167 Å². The van der Waals surface area contributed by atoms with Gasteiger partial charge in [-0.1, -0.05) is 19.1 Å². The molecule has 4 nitrogen and oxygen atoms in total. The molecule has 2 aromatic heterocycles. The van der Waals surface area contributed by atoms with Crippen molar-refractivity contribution in [2.24, 2.45) is 0 Å². The largest absolute Gasteiger partial charge is 0.490 e. The molecule has 2 heterocycles. The van der Waals surface area contributed by atoms with Gasteiger partial charge in [-0.2, -0.15) is 5.26 Å². The van der Waals surface area contributed by atoms with Gasteiger partial charge < -0.3 is 9.47 Å². The van der Waals surface area contributed by atoms with Crippen LogP contribution in [0.25, 0.3) is 22.2 Å². The van der Waals surface area contributed by atoms with Crippen molar-refractivity contribution >= 4 is 34.3 Å². The Balaban J connectivity index is 1.89. The van der Waals surface area contributed by atoms with Crippen molar-refractivity contribution in [3.63, 3.8) is 0 Å². The van der Waals surface area contributed by atoms with Crippen LogP contribution in [0.4, 0.5) is 0 Å². The number of hydrogen-bond donors (Lipinski definition) is 0. The van der Waals surface area contributed by atoms with Crippen molar-refractivity contribution in [2.45, 2.75) is 20.3 Å². The lowest BCUT2D eigenvalue weighted by molar-refractivity contribution is 0.277. The molecule has 0 spiro atoms. The maximum atomic E-state index is 9.62. The van der Waals surface area contributed by atoms with Crippen LogP contribution < -0.4 is 9.47 Å². The minimum absolute atomic E-state index is 0.535. The van der Waals surface area contributed by atoms with Crippen LogP contribution in [0.2, 0.25) is 0 Å². The molecule has 3 rings (SSSR count). The number of thiazole rings is 1. The minimum atomic E-state index is 0.535. The van der Waals surface area contributed by atoms with Gasteiger partial charge in [-0.05, 0) is 48.6 Å². The van der Waals surface area contributed by atoms with E-state index in [9.17, 15) is 5.26 Å². The zero-order valence-corrected chi connectivity index (χ0v) is 16.9. The fourth-order valence-electron chi connectivity index (χ4n) is 2.46. The summed E-state index contributed by atoms with van der Waals surface area (Å²) in [4.78, 5) is 5.72. The molecule has 0 saturated heterocycles. The van der Waals surface area contributed by atoms with Crippen LogP contribution in [-0.2, 0) is 0 Å². The summed E-state index contributed by atoms with van der Waals surface area (Å²) < 4.78 is 11.4. The lowest BCUT2D eigenvalue weighted by Gasteiger charge is -2.12. The van der Waals surface area contributed by atoms with Crippen LogP contribution in [0.1, 0.15) is 30.8 Å². The van der Waals surface area contributed by atoms with E-state index >= 15 is 0 Å². The number of thiophene rings is 1. The molecule has 0 aliphatic carbocycles. The van der Waals surface area contributed by atoms with E-state index in [-0.39, 0.29) is 0 Å². The first-order valence-electron chi connectivity index (χ1n) is 8.76. The highest BCUT2D eigenvalue weighted by molar-refractivity contribution is 7.14. The summed E-state index contributed by atoms with van der Waals surface area (Å²) in [5.41, 5.74) is 2.32. The van der Waals surface area contributed by atoms with Gasteiger partial charge in [0.05, 0.1) is 29.4 Å². The summed E-state index contributed by atoms with van der Waals surface area (Å²) in [6.07, 6.45) is 2.77. The molecule has 138 valence electrons. The molecule has 0 atom stereocenters. The second kappa shape index (κ2) is 9.36. The third-order valence-corrected chi connectivity index (χ3v) is 5.44. The average Bonchev–Trinajstić information content (AvgIpc) is 3.37. The molecular formula is C21H20N2O2S2. The van der Waals surface area contributed by atoms with E-state index in [0.717, 1.165) is 28.3 Å². The molecule has 0 aliphatic heterocycles. The van der Waals surface area contributed by atoms with E-state index < -0.39 is 0 Å². The quantitative estimate of drug-likeness (QED) is 0.430. The summed E-state index contributed by atoms with van der Waals surface area (Å²) in [5, 5.41) is 14.3. The summed E-state index contributed by atoms with van der Waals surface area (Å²) in [5.74, 6) is 1.42. The van der Waals surface area contributed by atoms with Gasteiger partial charge in [0.1, 0.15) is 11.1 Å². The molecule has 6 heteroatoms. The Bertz CT molecular complexity index is 953. The highest BCUT2D eigenvalue weighted by Gasteiger charge is 2.11. The van der Waals surface area contributed by atoms with Crippen molar-refractivity contribution in [3.8, 4) is 28.1 Å².